The Labute approximate surface area is 125 Å². The monoisotopic (exact) mass is 344 g/mol. The normalized spacial score (nSPS) is 13.4. The zero-order valence-corrected chi connectivity index (χ0v) is 13.1. The Morgan fingerprint density at radius 1 is 1.50 bits per heavy atom. The van der Waals surface area contributed by atoms with Crippen LogP contribution in [0.1, 0.15) is 30.6 Å². The number of nitrogens with one attached hydrogen (secondary N) is 1. The van der Waals surface area contributed by atoms with E-state index in [1.807, 2.05) is 13.8 Å². The zero-order valence-electron chi connectivity index (χ0n) is 11.6. The van der Waals surface area contributed by atoms with Crippen molar-refractivity contribution >= 4 is 27.5 Å². The van der Waals surface area contributed by atoms with E-state index in [1.54, 1.807) is 0 Å². The molecule has 2 unspecified atom stereocenters. The molecule has 0 aromatic heterocycles. The van der Waals surface area contributed by atoms with Crippen molar-refractivity contribution in [2.75, 3.05) is 7.11 Å². The first-order chi connectivity index (χ1) is 9.35. The van der Waals surface area contributed by atoms with Gasteiger partial charge in [-0.15, -0.1) is 0 Å². The number of carbonyl (C=O) groups is 1. The number of halogens is 1. The highest BCUT2D eigenvalue weighted by molar-refractivity contribution is 9.09. The van der Waals surface area contributed by atoms with E-state index in [9.17, 15) is 14.9 Å². The lowest BCUT2D eigenvalue weighted by Gasteiger charge is -2.15. The van der Waals surface area contributed by atoms with Crippen molar-refractivity contribution in [2.24, 2.45) is 0 Å². The van der Waals surface area contributed by atoms with Gasteiger partial charge in [-0.3, -0.25) is 14.9 Å². The molecule has 0 aliphatic rings. The first-order valence-corrected chi connectivity index (χ1v) is 7.04. The smallest absolute Gasteiger partial charge is 0.311 e. The van der Waals surface area contributed by atoms with Crippen LogP contribution in [-0.4, -0.2) is 28.8 Å². The Morgan fingerprint density at radius 3 is 2.65 bits per heavy atom. The summed E-state index contributed by atoms with van der Waals surface area (Å²) < 4.78 is 4.90. The second kappa shape index (κ2) is 7.23. The maximum Gasteiger partial charge on any atom is 0.311 e. The second-order valence-corrected chi connectivity index (χ2v) is 6.10. The molecule has 0 radical (unpaired) electrons. The second-order valence-electron chi connectivity index (χ2n) is 4.53. The molecule has 6 nitrogen and oxygen atoms in total. The molecule has 0 bridgehead atoms. The summed E-state index contributed by atoms with van der Waals surface area (Å²) in [6, 6.07) is 4.12. The Balaban J connectivity index is 2.88. The van der Waals surface area contributed by atoms with E-state index >= 15 is 0 Å². The molecule has 20 heavy (non-hydrogen) atoms. The van der Waals surface area contributed by atoms with Gasteiger partial charge in [0, 0.05) is 22.5 Å². The van der Waals surface area contributed by atoms with Gasteiger partial charge in [0.2, 0.25) is 0 Å². The van der Waals surface area contributed by atoms with Gasteiger partial charge in [0.1, 0.15) is 0 Å². The van der Waals surface area contributed by atoms with Crippen molar-refractivity contribution in [2.45, 2.75) is 31.1 Å². The quantitative estimate of drug-likeness (QED) is 0.488. The van der Waals surface area contributed by atoms with Gasteiger partial charge in [-0.2, -0.15) is 0 Å². The molecule has 1 N–H and O–H groups in total. The average Bonchev–Trinajstić information content (AvgIpc) is 2.36. The van der Waals surface area contributed by atoms with E-state index in [4.69, 9.17) is 4.74 Å². The van der Waals surface area contributed by atoms with Crippen molar-refractivity contribution in [1.29, 1.82) is 0 Å². The van der Waals surface area contributed by atoms with Gasteiger partial charge in [0.05, 0.1) is 12.0 Å². The number of nitro groups is 1. The molecule has 0 saturated carbocycles. The van der Waals surface area contributed by atoms with Crippen LogP contribution < -0.4 is 10.1 Å². The predicted molar refractivity (Wildman–Crippen MR) is 79.6 cm³/mol. The van der Waals surface area contributed by atoms with E-state index in [-0.39, 0.29) is 33.8 Å². The van der Waals surface area contributed by atoms with E-state index < -0.39 is 4.92 Å². The number of nitrogens with zero attached hydrogens (tertiary/aromatic N) is 1. The van der Waals surface area contributed by atoms with Crippen molar-refractivity contribution in [3.63, 3.8) is 0 Å². The van der Waals surface area contributed by atoms with Crippen LogP contribution in [0.2, 0.25) is 0 Å². The molecule has 0 saturated heterocycles. The highest BCUT2D eigenvalue weighted by atomic mass is 79.9. The fourth-order valence-electron chi connectivity index (χ4n) is 1.83. The minimum atomic E-state index is -0.570. The molecule has 0 aliphatic carbocycles. The van der Waals surface area contributed by atoms with E-state index in [0.29, 0.717) is 0 Å². The van der Waals surface area contributed by atoms with Gasteiger partial charge < -0.3 is 10.1 Å². The topological polar surface area (TPSA) is 81.5 Å². The summed E-state index contributed by atoms with van der Waals surface area (Å²) in [5, 5.41) is 13.7. The van der Waals surface area contributed by atoms with E-state index in [1.165, 1.54) is 25.3 Å². The number of ether oxygens (including phenoxy) is 1. The third kappa shape index (κ3) is 4.48. The average molecular weight is 345 g/mol. The summed E-state index contributed by atoms with van der Waals surface area (Å²) in [7, 11) is 1.35. The fraction of sp³-hybridized carbons (Fsp3) is 0.462. The number of methoxy groups -OCH3 is 1. The van der Waals surface area contributed by atoms with Crippen molar-refractivity contribution in [1.82, 2.24) is 5.32 Å². The van der Waals surface area contributed by atoms with Gasteiger partial charge >= 0.3 is 5.69 Å². The van der Waals surface area contributed by atoms with Crippen LogP contribution in [0.15, 0.2) is 18.2 Å². The Kier molecular flexibility index (Phi) is 5.94. The third-order valence-corrected chi connectivity index (χ3v) is 3.07. The number of carbonyl (C=O) groups excluding carboxylic acids is 1. The fourth-order valence-corrected chi connectivity index (χ4v) is 2.39. The molecular formula is C13H17BrN2O4. The van der Waals surface area contributed by atoms with Gasteiger partial charge in [-0.05, 0) is 25.5 Å². The van der Waals surface area contributed by atoms with E-state index in [0.717, 1.165) is 6.42 Å². The first-order valence-electron chi connectivity index (χ1n) is 6.12. The lowest BCUT2D eigenvalue weighted by molar-refractivity contribution is -0.385. The zero-order chi connectivity index (χ0) is 15.3. The standard InChI is InChI=1S/C13H17BrN2O4/c1-8(14)6-9(2)15-13(17)10-4-5-12(20-3)11(7-10)16(18)19/h4-5,7-9H,6H2,1-3H3,(H,15,17). The van der Waals surface area contributed by atoms with Gasteiger partial charge in [-0.25, -0.2) is 0 Å². The molecule has 0 spiro atoms. The van der Waals surface area contributed by atoms with Crippen LogP contribution in [0.4, 0.5) is 5.69 Å². The predicted octanol–water partition coefficient (Wildman–Crippen LogP) is 2.90. The molecule has 110 valence electrons. The van der Waals surface area contributed by atoms with Crippen LogP contribution in [0.3, 0.4) is 0 Å². The van der Waals surface area contributed by atoms with Crippen LogP contribution in [0.25, 0.3) is 0 Å². The Hall–Kier alpha value is -1.63. The molecule has 1 rings (SSSR count). The van der Waals surface area contributed by atoms with Crippen LogP contribution in [0, 0.1) is 10.1 Å². The number of rotatable bonds is 6. The SMILES string of the molecule is COc1ccc(C(=O)NC(C)CC(C)Br)cc1[N+](=O)[O-]. The number of amides is 1. The summed E-state index contributed by atoms with van der Waals surface area (Å²) in [5.41, 5.74) is 0.0215. The summed E-state index contributed by atoms with van der Waals surface area (Å²) >= 11 is 3.41. The maximum atomic E-state index is 12.0. The Morgan fingerprint density at radius 2 is 2.15 bits per heavy atom. The Bertz CT molecular complexity index is 505. The number of hydrogen-bond acceptors (Lipinski definition) is 4. The molecule has 1 amide bonds. The third-order valence-electron chi connectivity index (χ3n) is 2.69. The number of benzene rings is 1. The number of alkyl halides is 1. The highest BCUT2D eigenvalue weighted by Gasteiger charge is 2.19. The molecule has 1 aromatic carbocycles. The molecule has 0 aliphatic heterocycles. The molecule has 7 heteroatoms. The van der Waals surface area contributed by atoms with Gasteiger partial charge in [0.15, 0.2) is 5.75 Å². The highest BCUT2D eigenvalue weighted by Crippen LogP contribution is 2.27. The summed E-state index contributed by atoms with van der Waals surface area (Å²) in [5.74, 6) is -0.204. The largest absolute Gasteiger partial charge is 0.490 e. The minimum Gasteiger partial charge on any atom is -0.490 e. The summed E-state index contributed by atoms with van der Waals surface area (Å²) in [4.78, 5) is 22.6. The molecule has 1 aromatic rings. The number of nitro benzene ring substituents is 1. The first kappa shape index (κ1) is 16.4. The molecule has 2 atom stereocenters. The van der Waals surface area contributed by atoms with E-state index in [2.05, 4.69) is 21.2 Å². The van der Waals surface area contributed by atoms with Crippen molar-refractivity contribution in [3.8, 4) is 5.75 Å². The lowest BCUT2D eigenvalue weighted by atomic mass is 10.1. The number of hydrogen-bond donors (Lipinski definition) is 1. The summed E-state index contributed by atoms with van der Waals surface area (Å²) in [6.07, 6.45) is 0.768. The van der Waals surface area contributed by atoms with Crippen LogP contribution in [0.5, 0.6) is 5.75 Å². The summed E-state index contributed by atoms with van der Waals surface area (Å²) in [6.45, 7) is 3.87. The van der Waals surface area contributed by atoms with Crippen molar-refractivity contribution < 1.29 is 14.5 Å². The molecule has 0 heterocycles. The van der Waals surface area contributed by atoms with Gasteiger partial charge in [-0.1, -0.05) is 22.9 Å². The lowest BCUT2D eigenvalue weighted by Crippen LogP contribution is -2.33. The van der Waals surface area contributed by atoms with Crippen molar-refractivity contribution in [3.05, 3.63) is 33.9 Å². The van der Waals surface area contributed by atoms with Crippen LogP contribution >= 0.6 is 15.9 Å². The van der Waals surface area contributed by atoms with Crippen LogP contribution in [-0.2, 0) is 0 Å². The minimum absolute atomic E-state index is 0.0296. The van der Waals surface area contributed by atoms with Gasteiger partial charge in [0.25, 0.3) is 5.91 Å². The molecular weight excluding hydrogens is 328 g/mol. The maximum absolute atomic E-state index is 12.0. The molecule has 0 fully saturated rings.